The first kappa shape index (κ1) is 50.5. The summed E-state index contributed by atoms with van der Waals surface area (Å²) in [6.07, 6.45) is 35.5. The molecule has 0 aliphatic carbocycles. The third kappa shape index (κ3) is 24.2. The van der Waals surface area contributed by atoms with E-state index in [4.69, 9.17) is 10.5 Å². The minimum absolute atomic E-state index is 0.0982. The quantitative estimate of drug-likeness (QED) is 0.0316. The molecule has 1 saturated heterocycles. The molecule has 1 fully saturated rings. The van der Waals surface area contributed by atoms with Crippen LogP contribution in [0.4, 0.5) is 0 Å². The number of allylic oxidation sites excluding steroid dienone is 2. The lowest BCUT2D eigenvalue weighted by atomic mass is 9.94. The Morgan fingerprint density at radius 2 is 1.06 bits per heavy atom. The Balaban J connectivity index is 2.56. The van der Waals surface area contributed by atoms with Crippen LogP contribution < -0.4 is 11.1 Å². The van der Waals surface area contributed by atoms with Crippen molar-refractivity contribution in [2.45, 2.75) is 250 Å². The normalized spacial score (nSPS) is 20.8. The number of nitrogens with one attached hydrogen (secondary N) is 1. The predicted octanol–water partition coefficient (Wildman–Crippen LogP) is 9.39. The highest BCUT2D eigenvalue weighted by Crippen LogP contribution is 2.26. The molecule has 0 aromatic heterocycles. The maximum atomic E-state index is 13.8. The number of aliphatic hydroxyl groups excluding tert-OH is 3. The summed E-state index contributed by atoms with van der Waals surface area (Å²) in [7, 11) is 0. The van der Waals surface area contributed by atoms with Crippen molar-refractivity contribution in [3.05, 3.63) is 12.2 Å². The monoisotopic (exact) mass is 766 g/mol. The average molecular weight is 766 g/mol. The number of aliphatic hydroxyl groups is 3. The van der Waals surface area contributed by atoms with E-state index >= 15 is 0 Å². The number of nitrogens with two attached hydrogens (primary N) is 1. The third-order valence-electron chi connectivity index (χ3n) is 11.2. The summed E-state index contributed by atoms with van der Waals surface area (Å²) < 4.78 is 6.09. The van der Waals surface area contributed by atoms with Crippen LogP contribution in [0.25, 0.3) is 0 Å². The summed E-state index contributed by atoms with van der Waals surface area (Å²) in [5, 5.41) is 34.4. The second-order valence-corrected chi connectivity index (χ2v) is 16.3. The second-order valence-electron chi connectivity index (χ2n) is 16.3. The molecule has 0 aromatic carbocycles. The van der Waals surface area contributed by atoms with Crippen molar-refractivity contribution in [1.29, 1.82) is 0 Å². The zero-order valence-corrected chi connectivity index (χ0v) is 35.3. The predicted molar refractivity (Wildman–Crippen MR) is 224 cm³/mol. The van der Waals surface area contributed by atoms with Crippen LogP contribution in [0, 0.1) is 0 Å². The van der Waals surface area contributed by atoms with E-state index in [1.54, 1.807) is 11.8 Å². The van der Waals surface area contributed by atoms with Gasteiger partial charge in [0, 0.05) is 13.0 Å². The highest BCUT2D eigenvalue weighted by molar-refractivity contribution is 5.81. The van der Waals surface area contributed by atoms with Crippen LogP contribution in [0.1, 0.15) is 213 Å². The third-order valence-corrected chi connectivity index (χ3v) is 11.2. The molecule has 54 heavy (non-hydrogen) atoms. The zero-order chi connectivity index (χ0) is 39.7. The second kappa shape index (κ2) is 34.7. The largest absolute Gasteiger partial charge is 0.394 e. The maximum Gasteiger partial charge on any atom is 0.237 e. The van der Waals surface area contributed by atoms with Crippen molar-refractivity contribution in [2.24, 2.45) is 5.73 Å². The van der Waals surface area contributed by atoms with Gasteiger partial charge in [0.25, 0.3) is 0 Å². The topological polar surface area (TPSA) is 145 Å². The number of rotatable bonds is 36. The number of carbonyl (C=O) groups is 2. The van der Waals surface area contributed by atoms with Crippen molar-refractivity contribution >= 4 is 11.8 Å². The fraction of sp³-hybridized carbons (Fsp3) is 0.911. The molecule has 0 spiro atoms. The molecule has 6 N–H and O–H groups in total. The molecule has 9 heteroatoms. The smallest absolute Gasteiger partial charge is 0.237 e. The first-order chi connectivity index (χ1) is 26.3. The lowest BCUT2D eigenvalue weighted by Crippen LogP contribution is -2.69. The summed E-state index contributed by atoms with van der Waals surface area (Å²) in [4.78, 5) is 28.1. The molecular weight excluding hydrogens is 679 g/mol. The Morgan fingerprint density at radius 3 is 1.48 bits per heavy atom. The number of carbonyl (C=O) groups excluding carboxylic acids is 2. The molecule has 1 aliphatic rings. The Morgan fingerprint density at radius 1 is 0.648 bits per heavy atom. The minimum Gasteiger partial charge on any atom is -0.394 e. The Bertz CT molecular complexity index is 918. The Hall–Kier alpha value is -1.52. The molecule has 1 rings (SSSR count). The molecular formula is C45H87N3O6. The molecule has 0 saturated carbocycles. The van der Waals surface area contributed by atoms with Gasteiger partial charge in [0.15, 0.2) is 6.23 Å². The first-order valence-electron chi connectivity index (χ1n) is 22.9. The van der Waals surface area contributed by atoms with Crippen LogP contribution in [-0.2, 0) is 14.3 Å². The van der Waals surface area contributed by atoms with Crippen LogP contribution in [-0.4, -0.2) is 81.8 Å². The van der Waals surface area contributed by atoms with E-state index in [-0.39, 0.29) is 5.91 Å². The summed E-state index contributed by atoms with van der Waals surface area (Å²) in [6.45, 7) is 5.96. The van der Waals surface area contributed by atoms with E-state index in [9.17, 15) is 24.9 Å². The zero-order valence-electron chi connectivity index (χ0n) is 35.3. The van der Waals surface area contributed by atoms with Gasteiger partial charge in [-0.15, -0.1) is 0 Å². The van der Waals surface area contributed by atoms with Crippen molar-refractivity contribution in [3.8, 4) is 0 Å². The molecule has 2 amide bonds. The van der Waals surface area contributed by atoms with E-state index in [0.717, 1.165) is 57.8 Å². The van der Waals surface area contributed by atoms with Gasteiger partial charge in [-0.2, -0.15) is 0 Å². The number of amides is 2. The van der Waals surface area contributed by atoms with E-state index in [2.05, 4.69) is 31.3 Å². The fourth-order valence-corrected chi connectivity index (χ4v) is 7.53. The lowest BCUT2D eigenvalue weighted by Gasteiger charge is -2.47. The van der Waals surface area contributed by atoms with Gasteiger partial charge in [0.05, 0.1) is 12.6 Å². The average Bonchev–Trinajstić information content (AvgIpc) is 3.16. The molecule has 9 nitrogen and oxygen atoms in total. The van der Waals surface area contributed by atoms with E-state index in [1.165, 1.54) is 128 Å². The fourth-order valence-electron chi connectivity index (χ4n) is 7.53. The number of unbranched alkanes of at least 4 members (excludes halogenated alkanes) is 26. The SMILES string of the molecule is CCCCCCCC/C=C\CCCCCCCC(=O)N(CCCCCCCCCCCCCCCCCC)[C@@H]1O[C@H](CO)[C@@H](O)[C@H](O)[C@H]1NC(=O)[C@H](C)N. The highest BCUT2D eigenvalue weighted by Gasteiger charge is 2.48. The number of nitrogens with zero attached hydrogens (tertiary/aromatic N) is 1. The van der Waals surface area contributed by atoms with Gasteiger partial charge in [-0.05, 0) is 45.4 Å². The van der Waals surface area contributed by atoms with Crippen LogP contribution in [0.3, 0.4) is 0 Å². The maximum absolute atomic E-state index is 13.8. The molecule has 0 unspecified atom stereocenters. The molecule has 318 valence electrons. The van der Waals surface area contributed by atoms with E-state index < -0.39 is 49.1 Å². The molecule has 0 radical (unpaired) electrons. The summed E-state index contributed by atoms with van der Waals surface area (Å²) >= 11 is 0. The van der Waals surface area contributed by atoms with Crippen LogP contribution in [0.15, 0.2) is 12.2 Å². The standard InChI is InChI=1S/C45H87N3O6/c1-4-6-8-10-12-14-16-18-20-22-24-26-28-30-32-34-36-48(45-41(47-44(53)38(3)46)43(52)42(51)39(37-49)54-45)40(50)35-33-31-29-27-25-23-21-19-17-15-13-11-9-7-5-2/h19,21,38-39,41-43,45,49,51-52H,4-18,20,22-37,46H2,1-3H3,(H,47,53)/b21-19-/t38-,39+,41+,42+,43+,45+/m0/s1. The Labute approximate surface area is 332 Å². The van der Waals surface area contributed by atoms with Crippen molar-refractivity contribution in [2.75, 3.05) is 13.2 Å². The van der Waals surface area contributed by atoms with Gasteiger partial charge in [0.2, 0.25) is 11.8 Å². The van der Waals surface area contributed by atoms with Crippen molar-refractivity contribution < 1.29 is 29.6 Å². The van der Waals surface area contributed by atoms with Gasteiger partial charge in [-0.3, -0.25) is 9.59 Å². The molecule has 0 aromatic rings. The van der Waals surface area contributed by atoms with E-state index in [0.29, 0.717) is 13.0 Å². The number of ether oxygens (including phenoxy) is 1. The highest BCUT2D eigenvalue weighted by atomic mass is 16.5. The number of hydrogen-bond donors (Lipinski definition) is 5. The Kier molecular flexibility index (Phi) is 32.5. The number of hydrogen-bond acceptors (Lipinski definition) is 7. The van der Waals surface area contributed by atoms with Gasteiger partial charge in [-0.25, -0.2) is 0 Å². The van der Waals surface area contributed by atoms with Crippen LogP contribution in [0.5, 0.6) is 0 Å². The van der Waals surface area contributed by atoms with Crippen LogP contribution >= 0.6 is 0 Å². The van der Waals surface area contributed by atoms with E-state index in [1.807, 2.05) is 0 Å². The van der Waals surface area contributed by atoms with Gasteiger partial charge in [0.1, 0.15) is 24.4 Å². The summed E-state index contributed by atoms with van der Waals surface area (Å²) in [5.74, 6) is -0.603. The molecule has 6 atom stereocenters. The molecule has 1 aliphatic heterocycles. The van der Waals surface area contributed by atoms with Gasteiger partial charge >= 0.3 is 0 Å². The summed E-state index contributed by atoms with van der Waals surface area (Å²) in [5.41, 5.74) is 5.82. The molecule has 0 bridgehead atoms. The first-order valence-corrected chi connectivity index (χ1v) is 22.9. The van der Waals surface area contributed by atoms with Crippen molar-refractivity contribution in [3.63, 3.8) is 0 Å². The van der Waals surface area contributed by atoms with Gasteiger partial charge < -0.3 is 36.0 Å². The van der Waals surface area contributed by atoms with Gasteiger partial charge in [-0.1, -0.05) is 174 Å². The van der Waals surface area contributed by atoms with Crippen LogP contribution in [0.2, 0.25) is 0 Å². The summed E-state index contributed by atoms with van der Waals surface area (Å²) in [6, 6.07) is -1.91. The lowest BCUT2D eigenvalue weighted by molar-refractivity contribution is -0.231. The molecule has 1 heterocycles. The minimum atomic E-state index is -1.43. The van der Waals surface area contributed by atoms with Crippen molar-refractivity contribution in [1.82, 2.24) is 10.2 Å².